The molecule has 27 heavy (non-hydrogen) atoms. The van der Waals surface area contributed by atoms with Crippen LogP contribution in [0.1, 0.15) is 28.8 Å². The molecule has 2 rings (SSSR count). The lowest BCUT2D eigenvalue weighted by Gasteiger charge is -2.20. The number of ether oxygens (including phenoxy) is 1. The standard InChI is InChI=1S/C22H29NO4/c24-14-8-7-13-23-16-20(25)17-27-21(15-18-9-3-1-4-10-18)22(26)19-11-5-2-6-12-19/h1-6,9-12,20-21,23-25H,7-8,13-17H2. The van der Waals surface area contributed by atoms with Gasteiger partial charge in [0, 0.05) is 25.1 Å². The van der Waals surface area contributed by atoms with Crippen LogP contribution in [0.3, 0.4) is 0 Å². The van der Waals surface area contributed by atoms with Crippen LogP contribution in [-0.4, -0.2) is 54.5 Å². The zero-order chi connectivity index (χ0) is 19.3. The third-order valence-electron chi connectivity index (χ3n) is 4.25. The van der Waals surface area contributed by atoms with Crippen LogP contribution in [0.15, 0.2) is 60.7 Å². The van der Waals surface area contributed by atoms with Crippen LogP contribution in [0.2, 0.25) is 0 Å². The van der Waals surface area contributed by atoms with Crippen molar-refractivity contribution in [1.82, 2.24) is 5.32 Å². The molecule has 146 valence electrons. The smallest absolute Gasteiger partial charge is 0.191 e. The molecule has 2 aromatic rings. The topological polar surface area (TPSA) is 78.8 Å². The van der Waals surface area contributed by atoms with Gasteiger partial charge in [-0.2, -0.15) is 0 Å². The first-order valence-corrected chi connectivity index (χ1v) is 9.45. The normalized spacial score (nSPS) is 13.3. The first-order chi connectivity index (χ1) is 13.2. The van der Waals surface area contributed by atoms with E-state index in [1.165, 1.54) is 0 Å². The van der Waals surface area contributed by atoms with Crippen LogP contribution >= 0.6 is 0 Å². The Balaban J connectivity index is 1.91. The van der Waals surface area contributed by atoms with E-state index in [0.29, 0.717) is 18.5 Å². The van der Waals surface area contributed by atoms with Crippen molar-refractivity contribution in [2.45, 2.75) is 31.5 Å². The number of carbonyl (C=O) groups is 1. The minimum atomic E-state index is -0.694. The maximum Gasteiger partial charge on any atom is 0.191 e. The van der Waals surface area contributed by atoms with E-state index in [2.05, 4.69) is 5.32 Å². The van der Waals surface area contributed by atoms with E-state index in [1.54, 1.807) is 12.1 Å². The molecule has 0 spiro atoms. The molecule has 5 nitrogen and oxygen atoms in total. The molecule has 0 aromatic heterocycles. The molecule has 0 bridgehead atoms. The van der Waals surface area contributed by atoms with Crippen molar-refractivity contribution in [3.63, 3.8) is 0 Å². The van der Waals surface area contributed by atoms with Gasteiger partial charge in [-0.05, 0) is 24.9 Å². The average molecular weight is 371 g/mol. The number of hydrogen-bond acceptors (Lipinski definition) is 5. The van der Waals surface area contributed by atoms with E-state index in [-0.39, 0.29) is 19.0 Å². The first kappa shape index (κ1) is 21.3. The second kappa shape index (κ2) is 12.4. The number of Topliss-reactive ketones (excluding diaryl/α,β-unsaturated/α-hetero) is 1. The van der Waals surface area contributed by atoms with Crippen LogP contribution in [0, 0.1) is 0 Å². The molecular weight excluding hydrogens is 342 g/mol. The monoisotopic (exact) mass is 371 g/mol. The molecule has 0 saturated heterocycles. The van der Waals surface area contributed by atoms with Crippen molar-refractivity contribution >= 4 is 5.78 Å². The van der Waals surface area contributed by atoms with Gasteiger partial charge < -0.3 is 20.3 Å². The largest absolute Gasteiger partial charge is 0.396 e. The number of hydrogen-bond donors (Lipinski definition) is 3. The van der Waals surface area contributed by atoms with Crippen LogP contribution in [0.5, 0.6) is 0 Å². The fraction of sp³-hybridized carbons (Fsp3) is 0.409. The van der Waals surface area contributed by atoms with Crippen LogP contribution in [-0.2, 0) is 11.2 Å². The summed E-state index contributed by atoms with van der Waals surface area (Å²) in [4.78, 5) is 12.8. The second-order valence-electron chi connectivity index (χ2n) is 6.53. The summed E-state index contributed by atoms with van der Waals surface area (Å²) in [5.74, 6) is -0.0810. The molecule has 0 saturated carbocycles. The van der Waals surface area contributed by atoms with Gasteiger partial charge in [-0.1, -0.05) is 60.7 Å². The van der Waals surface area contributed by atoms with E-state index >= 15 is 0 Å². The van der Waals surface area contributed by atoms with Crippen molar-refractivity contribution < 1.29 is 19.7 Å². The summed E-state index contributed by atoms with van der Waals surface area (Å²) in [5, 5.41) is 22.0. The van der Waals surface area contributed by atoms with Crippen LogP contribution in [0.4, 0.5) is 0 Å². The maximum absolute atomic E-state index is 12.8. The minimum absolute atomic E-state index is 0.0810. The molecule has 3 N–H and O–H groups in total. The highest BCUT2D eigenvalue weighted by molar-refractivity contribution is 5.99. The number of unbranched alkanes of at least 4 members (excludes halogenated alkanes) is 1. The Hall–Kier alpha value is -2.05. The Morgan fingerprint density at radius 3 is 2.33 bits per heavy atom. The third-order valence-corrected chi connectivity index (χ3v) is 4.25. The fourth-order valence-electron chi connectivity index (χ4n) is 2.76. The lowest BCUT2D eigenvalue weighted by atomic mass is 10.00. The van der Waals surface area contributed by atoms with Crippen molar-refractivity contribution in [2.24, 2.45) is 0 Å². The molecule has 2 unspecified atom stereocenters. The summed E-state index contributed by atoms with van der Waals surface area (Å²) < 4.78 is 5.82. The Morgan fingerprint density at radius 1 is 1.00 bits per heavy atom. The van der Waals surface area contributed by atoms with E-state index in [4.69, 9.17) is 9.84 Å². The zero-order valence-electron chi connectivity index (χ0n) is 15.6. The molecule has 2 aromatic carbocycles. The van der Waals surface area contributed by atoms with Gasteiger partial charge in [-0.15, -0.1) is 0 Å². The van der Waals surface area contributed by atoms with Gasteiger partial charge in [0.1, 0.15) is 6.10 Å². The number of carbonyl (C=O) groups excluding carboxylic acids is 1. The highest BCUT2D eigenvalue weighted by Crippen LogP contribution is 2.13. The van der Waals surface area contributed by atoms with Gasteiger partial charge >= 0.3 is 0 Å². The van der Waals surface area contributed by atoms with Crippen LogP contribution < -0.4 is 5.32 Å². The number of nitrogens with one attached hydrogen (secondary N) is 1. The minimum Gasteiger partial charge on any atom is -0.396 e. The number of ketones is 1. The molecule has 0 aliphatic carbocycles. The third kappa shape index (κ3) is 8.01. The highest BCUT2D eigenvalue weighted by Gasteiger charge is 2.22. The van der Waals surface area contributed by atoms with Crippen molar-refractivity contribution in [1.29, 1.82) is 0 Å². The summed E-state index contributed by atoms with van der Waals surface area (Å²) in [6, 6.07) is 18.8. The molecule has 5 heteroatoms. The number of rotatable bonds is 13. The summed E-state index contributed by atoms with van der Waals surface area (Å²) in [6.45, 7) is 1.39. The Morgan fingerprint density at radius 2 is 1.67 bits per heavy atom. The van der Waals surface area contributed by atoms with E-state index in [9.17, 15) is 9.90 Å². The first-order valence-electron chi connectivity index (χ1n) is 9.45. The van der Waals surface area contributed by atoms with E-state index in [0.717, 1.165) is 24.9 Å². The Bertz CT molecular complexity index is 648. The lowest BCUT2D eigenvalue weighted by molar-refractivity contribution is -0.00166. The number of aliphatic hydroxyl groups excluding tert-OH is 2. The quantitative estimate of drug-likeness (QED) is 0.372. The van der Waals surface area contributed by atoms with E-state index < -0.39 is 12.2 Å². The van der Waals surface area contributed by atoms with Gasteiger partial charge in [0.25, 0.3) is 0 Å². The highest BCUT2D eigenvalue weighted by atomic mass is 16.5. The molecule has 0 aliphatic heterocycles. The summed E-state index contributed by atoms with van der Waals surface area (Å²) in [5.41, 5.74) is 1.62. The van der Waals surface area contributed by atoms with Gasteiger partial charge in [-0.25, -0.2) is 0 Å². The van der Waals surface area contributed by atoms with Gasteiger partial charge in [0.05, 0.1) is 12.7 Å². The van der Waals surface area contributed by atoms with E-state index in [1.807, 2.05) is 48.5 Å². The maximum atomic E-state index is 12.8. The Kier molecular flexibility index (Phi) is 9.73. The summed E-state index contributed by atoms with van der Waals surface area (Å²) in [7, 11) is 0. The molecular formula is C22H29NO4. The molecule has 0 amide bonds. The molecule has 0 heterocycles. The van der Waals surface area contributed by atoms with Crippen molar-refractivity contribution in [3.05, 3.63) is 71.8 Å². The average Bonchev–Trinajstić information content (AvgIpc) is 2.72. The number of benzene rings is 2. The lowest BCUT2D eigenvalue weighted by Crippen LogP contribution is -2.35. The number of aliphatic hydroxyl groups is 2. The molecule has 0 aliphatic rings. The predicted octanol–water partition coefficient (Wildman–Crippen LogP) is 2.22. The summed E-state index contributed by atoms with van der Waals surface area (Å²) in [6.07, 6.45) is 0.725. The summed E-state index contributed by atoms with van der Waals surface area (Å²) >= 11 is 0. The Labute approximate surface area is 161 Å². The molecule has 2 atom stereocenters. The SMILES string of the molecule is O=C(c1ccccc1)C(Cc1ccccc1)OCC(O)CNCCCCO. The predicted molar refractivity (Wildman–Crippen MR) is 106 cm³/mol. The van der Waals surface area contributed by atoms with Gasteiger partial charge in [0.2, 0.25) is 0 Å². The van der Waals surface area contributed by atoms with Crippen LogP contribution in [0.25, 0.3) is 0 Å². The van der Waals surface area contributed by atoms with Gasteiger partial charge in [0.15, 0.2) is 5.78 Å². The zero-order valence-corrected chi connectivity index (χ0v) is 15.6. The van der Waals surface area contributed by atoms with Gasteiger partial charge in [-0.3, -0.25) is 4.79 Å². The van der Waals surface area contributed by atoms with Crippen molar-refractivity contribution in [2.75, 3.05) is 26.3 Å². The second-order valence-corrected chi connectivity index (χ2v) is 6.53. The molecule has 0 radical (unpaired) electrons. The fourth-order valence-corrected chi connectivity index (χ4v) is 2.76. The van der Waals surface area contributed by atoms with Crippen molar-refractivity contribution in [3.8, 4) is 0 Å². The molecule has 0 fully saturated rings.